The van der Waals surface area contributed by atoms with E-state index in [0.717, 1.165) is 11.2 Å². The zero-order valence-corrected chi connectivity index (χ0v) is 13.1. The van der Waals surface area contributed by atoms with E-state index >= 15 is 0 Å². The normalized spacial score (nSPS) is 14.8. The van der Waals surface area contributed by atoms with Crippen LogP contribution < -0.4 is 0 Å². The summed E-state index contributed by atoms with van der Waals surface area (Å²) in [5, 5.41) is 11.9. The molecule has 0 aliphatic carbocycles. The number of hydrogen-bond donors (Lipinski definition) is 0. The number of nitrogens with zero attached hydrogens (tertiary/aromatic N) is 1. The summed E-state index contributed by atoms with van der Waals surface area (Å²) in [5.74, 6) is 0.817. The minimum Gasteiger partial charge on any atom is -0.624 e. The lowest BCUT2D eigenvalue weighted by atomic mass is 9.97. The first-order valence-corrected chi connectivity index (χ1v) is 7.10. The van der Waals surface area contributed by atoms with Crippen LogP contribution in [0.5, 0.6) is 0 Å². The highest BCUT2D eigenvalue weighted by Gasteiger charge is 2.19. The summed E-state index contributed by atoms with van der Waals surface area (Å²) in [5.41, 5.74) is 2.30. The fourth-order valence-corrected chi connectivity index (χ4v) is 1.92. The van der Waals surface area contributed by atoms with Crippen molar-refractivity contribution in [3.8, 4) is 0 Å². The summed E-state index contributed by atoms with van der Waals surface area (Å²) in [4.78, 5) is 0. The zero-order chi connectivity index (χ0) is 14.6. The van der Waals surface area contributed by atoms with E-state index in [4.69, 9.17) is 0 Å². The van der Waals surface area contributed by atoms with Crippen molar-refractivity contribution in [3.05, 3.63) is 40.6 Å². The van der Waals surface area contributed by atoms with Crippen molar-refractivity contribution in [3.63, 3.8) is 0 Å². The molecular weight excluding hydrogens is 234 g/mol. The Morgan fingerprint density at radius 3 is 2.05 bits per heavy atom. The minimum atomic E-state index is -0.351. The van der Waals surface area contributed by atoms with Gasteiger partial charge < -0.3 is 5.21 Å². The molecule has 0 heterocycles. The average molecular weight is 261 g/mol. The molecule has 0 fully saturated rings. The molecule has 106 valence electrons. The Labute approximate surface area is 117 Å². The maximum atomic E-state index is 11.9. The third-order valence-electron chi connectivity index (χ3n) is 3.26. The molecule has 0 saturated heterocycles. The van der Waals surface area contributed by atoms with Crippen LogP contribution in [0.25, 0.3) is 0 Å². The summed E-state index contributed by atoms with van der Waals surface area (Å²) in [6.07, 6.45) is 2.70. The van der Waals surface area contributed by atoms with Crippen LogP contribution in [0.2, 0.25) is 0 Å². The zero-order valence-electron chi connectivity index (χ0n) is 13.1. The molecule has 0 bridgehead atoms. The van der Waals surface area contributed by atoms with Gasteiger partial charge in [0, 0.05) is 26.7 Å². The van der Waals surface area contributed by atoms with Gasteiger partial charge >= 0.3 is 0 Å². The van der Waals surface area contributed by atoms with Crippen molar-refractivity contribution in [1.82, 2.24) is 0 Å². The molecule has 0 spiro atoms. The third kappa shape index (κ3) is 5.06. The predicted molar refractivity (Wildman–Crippen MR) is 82.8 cm³/mol. The van der Waals surface area contributed by atoms with Gasteiger partial charge in [-0.05, 0) is 23.5 Å². The standard InChI is InChI=1S/C17H27NO/c1-13(2)16-9-7-15(8-10-16)11-14(3)12-18(19)17(4,5)6/h7-10,12-14H,11H2,1-6H3/b18-12+. The van der Waals surface area contributed by atoms with Gasteiger partial charge in [0.05, 0.1) is 0 Å². The second-order valence-electron chi connectivity index (χ2n) is 6.72. The fraction of sp³-hybridized carbons (Fsp3) is 0.588. The first kappa shape index (κ1) is 15.7. The van der Waals surface area contributed by atoms with Gasteiger partial charge in [0.1, 0.15) is 0 Å². The van der Waals surface area contributed by atoms with Gasteiger partial charge in [-0.25, -0.2) is 4.74 Å². The van der Waals surface area contributed by atoms with Crippen LogP contribution in [0, 0.1) is 11.1 Å². The number of hydroxylamine groups is 1. The molecule has 0 amide bonds. The predicted octanol–water partition coefficient (Wildman–Crippen LogP) is 4.37. The van der Waals surface area contributed by atoms with Crippen LogP contribution in [0.4, 0.5) is 0 Å². The number of benzene rings is 1. The summed E-state index contributed by atoms with van der Waals surface area (Å²) < 4.78 is 1.07. The topological polar surface area (TPSA) is 26.1 Å². The van der Waals surface area contributed by atoms with Crippen LogP contribution in [0.1, 0.15) is 58.6 Å². The van der Waals surface area contributed by atoms with Gasteiger partial charge in [-0.2, -0.15) is 0 Å². The van der Waals surface area contributed by atoms with E-state index in [-0.39, 0.29) is 11.5 Å². The van der Waals surface area contributed by atoms with Gasteiger partial charge in [0.15, 0.2) is 11.8 Å². The third-order valence-corrected chi connectivity index (χ3v) is 3.26. The maximum absolute atomic E-state index is 11.9. The van der Waals surface area contributed by atoms with E-state index in [1.165, 1.54) is 11.1 Å². The molecule has 1 aromatic rings. The first-order chi connectivity index (χ1) is 8.70. The molecule has 1 rings (SSSR count). The Kier molecular flexibility index (Phi) is 5.16. The Hall–Kier alpha value is -1.31. The molecular formula is C17H27NO. The van der Waals surface area contributed by atoms with Crippen molar-refractivity contribution in [2.75, 3.05) is 0 Å². The van der Waals surface area contributed by atoms with Crippen LogP contribution in [0.15, 0.2) is 24.3 Å². The highest BCUT2D eigenvalue weighted by atomic mass is 16.5. The van der Waals surface area contributed by atoms with Crippen LogP contribution in [0.3, 0.4) is 0 Å². The van der Waals surface area contributed by atoms with Gasteiger partial charge in [0.2, 0.25) is 0 Å². The summed E-state index contributed by atoms with van der Waals surface area (Å²) in [6, 6.07) is 8.72. The van der Waals surface area contributed by atoms with Gasteiger partial charge in [-0.1, -0.05) is 45.0 Å². The fourth-order valence-electron chi connectivity index (χ4n) is 1.92. The van der Waals surface area contributed by atoms with Crippen molar-refractivity contribution >= 4 is 6.21 Å². The monoisotopic (exact) mass is 261 g/mol. The molecule has 1 atom stereocenters. The van der Waals surface area contributed by atoms with Gasteiger partial charge in [0.25, 0.3) is 0 Å². The first-order valence-electron chi connectivity index (χ1n) is 7.10. The molecule has 0 saturated carbocycles. The lowest BCUT2D eigenvalue weighted by Gasteiger charge is -2.20. The van der Waals surface area contributed by atoms with E-state index in [2.05, 4.69) is 45.0 Å². The van der Waals surface area contributed by atoms with E-state index < -0.39 is 0 Å². The Balaban J connectivity index is 2.70. The van der Waals surface area contributed by atoms with Crippen molar-refractivity contribution < 1.29 is 4.74 Å². The largest absolute Gasteiger partial charge is 0.624 e. The second kappa shape index (κ2) is 6.23. The van der Waals surface area contributed by atoms with Crippen LogP contribution in [-0.2, 0) is 6.42 Å². The SMILES string of the molecule is CC(/C=[N+](/[O-])C(C)(C)C)Cc1ccc(C(C)C)cc1. The number of hydrogen-bond acceptors (Lipinski definition) is 1. The Morgan fingerprint density at radius 1 is 1.11 bits per heavy atom. The van der Waals surface area contributed by atoms with E-state index in [1.807, 2.05) is 20.8 Å². The molecule has 0 N–H and O–H groups in total. The summed E-state index contributed by atoms with van der Waals surface area (Å²) in [7, 11) is 0. The lowest BCUT2D eigenvalue weighted by Crippen LogP contribution is -2.30. The Morgan fingerprint density at radius 2 is 1.63 bits per heavy atom. The summed E-state index contributed by atoms with van der Waals surface area (Å²) >= 11 is 0. The Bertz CT molecular complexity index is 424. The van der Waals surface area contributed by atoms with E-state index in [1.54, 1.807) is 6.21 Å². The number of rotatable bonds is 4. The quantitative estimate of drug-likeness (QED) is 0.342. The molecule has 0 radical (unpaired) electrons. The molecule has 2 heteroatoms. The smallest absolute Gasteiger partial charge is 0.164 e. The van der Waals surface area contributed by atoms with Gasteiger partial charge in [-0.3, -0.25) is 0 Å². The molecule has 1 unspecified atom stereocenters. The second-order valence-corrected chi connectivity index (χ2v) is 6.72. The van der Waals surface area contributed by atoms with Gasteiger partial charge in [-0.15, -0.1) is 0 Å². The van der Waals surface area contributed by atoms with Crippen molar-refractivity contribution in [2.24, 2.45) is 5.92 Å². The van der Waals surface area contributed by atoms with Crippen LogP contribution in [-0.4, -0.2) is 16.5 Å². The molecule has 0 aliphatic rings. The lowest BCUT2D eigenvalue weighted by molar-refractivity contribution is -0.533. The average Bonchev–Trinajstić information content (AvgIpc) is 2.28. The van der Waals surface area contributed by atoms with Crippen molar-refractivity contribution in [2.45, 2.75) is 59.4 Å². The van der Waals surface area contributed by atoms with E-state index in [9.17, 15) is 5.21 Å². The molecule has 19 heavy (non-hydrogen) atoms. The van der Waals surface area contributed by atoms with Crippen molar-refractivity contribution in [1.29, 1.82) is 0 Å². The maximum Gasteiger partial charge on any atom is 0.164 e. The highest BCUT2D eigenvalue weighted by Crippen LogP contribution is 2.16. The summed E-state index contributed by atoms with van der Waals surface area (Å²) in [6.45, 7) is 12.3. The molecule has 1 aromatic carbocycles. The molecule has 2 nitrogen and oxygen atoms in total. The molecule has 0 aliphatic heterocycles. The van der Waals surface area contributed by atoms with E-state index in [0.29, 0.717) is 5.92 Å². The molecule has 0 aromatic heterocycles. The highest BCUT2D eigenvalue weighted by molar-refractivity contribution is 5.55. The minimum absolute atomic E-state index is 0.252. The van der Waals surface area contributed by atoms with Crippen LogP contribution >= 0.6 is 0 Å².